The zero-order valence-corrected chi connectivity index (χ0v) is 17.3. The van der Waals surface area contributed by atoms with Crippen molar-refractivity contribution in [3.05, 3.63) is 72.6 Å². The molecule has 5 rings (SSSR count). The molecule has 0 saturated carbocycles. The van der Waals surface area contributed by atoms with Crippen molar-refractivity contribution < 1.29 is 13.5 Å². The number of nitrogens with zero attached hydrogens (tertiary/aromatic N) is 6. The smallest absolute Gasteiger partial charge is 0.263 e. The van der Waals surface area contributed by atoms with Crippen molar-refractivity contribution in [2.45, 2.75) is 6.43 Å². The predicted octanol–water partition coefficient (Wildman–Crippen LogP) is 5.05. The molecule has 9 heteroatoms. The second-order valence-electron chi connectivity index (χ2n) is 7.19. The van der Waals surface area contributed by atoms with Gasteiger partial charge in [0, 0.05) is 24.4 Å². The van der Waals surface area contributed by atoms with Gasteiger partial charge >= 0.3 is 0 Å². The fourth-order valence-electron chi connectivity index (χ4n) is 3.61. The Hall–Kier alpha value is -4.14. The summed E-state index contributed by atoms with van der Waals surface area (Å²) in [5, 5.41) is 8.83. The molecular weight excluding hydrogens is 414 g/mol. The molecule has 0 aliphatic carbocycles. The van der Waals surface area contributed by atoms with Crippen molar-refractivity contribution in [2.24, 2.45) is 0 Å². The van der Waals surface area contributed by atoms with Crippen molar-refractivity contribution in [2.75, 3.05) is 19.1 Å². The Labute approximate surface area is 181 Å². The number of pyridine rings is 1. The average molecular weight is 432 g/mol. The molecule has 0 atom stereocenters. The Bertz CT molecular complexity index is 1420. The van der Waals surface area contributed by atoms with Crippen molar-refractivity contribution in [3.63, 3.8) is 0 Å². The first kappa shape index (κ1) is 19.8. The molecule has 0 spiro atoms. The van der Waals surface area contributed by atoms with Gasteiger partial charge in [-0.15, -0.1) is 10.2 Å². The molecule has 0 unspecified atom stereocenters. The number of hydrogen-bond acceptors (Lipinski definition) is 6. The molecule has 32 heavy (non-hydrogen) atoms. The monoisotopic (exact) mass is 432 g/mol. The van der Waals surface area contributed by atoms with Crippen LogP contribution in [0.2, 0.25) is 0 Å². The minimum Gasteiger partial charge on any atom is -0.481 e. The molecule has 160 valence electrons. The maximum Gasteiger partial charge on any atom is 0.263 e. The summed E-state index contributed by atoms with van der Waals surface area (Å²) in [5.41, 5.74) is 3.25. The Balaban J connectivity index is 1.59. The molecule has 2 aromatic carbocycles. The quantitative estimate of drug-likeness (QED) is 0.387. The lowest BCUT2D eigenvalue weighted by molar-refractivity contribution is 0.151. The number of hydrogen-bond donors (Lipinski definition) is 0. The summed E-state index contributed by atoms with van der Waals surface area (Å²) < 4.78 is 32.7. The Morgan fingerprint density at radius 3 is 2.53 bits per heavy atom. The van der Waals surface area contributed by atoms with E-state index >= 15 is 0 Å². The van der Waals surface area contributed by atoms with E-state index in [1.165, 1.54) is 12.1 Å². The Morgan fingerprint density at radius 2 is 1.78 bits per heavy atom. The summed E-state index contributed by atoms with van der Waals surface area (Å²) in [6.07, 6.45) is -0.926. The largest absolute Gasteiger partial charge is 0.481 e. The lowest BCUT2D eigenvalue weighted by Gasteiger charge is -2.21. The summed E-state index contributed by atoms with van der Waals surface area (Å²) in [4.78, 5) is 11.2. The van der Waals surface area contributed by atoms with E-state index in [-0.39, 0.29) is 5.56 Å². The molecule has 7 nitrogen and oxygen atoms in total. The molecule has 0 aliphatic heterocycles. The first-order valence-electron chi connectivity index (χ1n) is 9.82. The number of alkyl halides is 2. The molecule has 3 aromatic heterocycles. The second-order valence-corrected chi connectivity index (χ2v) is 7.19. The van der Waals surface area contributed by atoms with Gasteiger partial charge in [0.2, 0.25) is 5.88 Å². The van der Waals surface area contributed by atoms with Gasteiger partial charge in [-0.2, -0.15) is 9.97 Å². The number of ether oxygens (including phenoxy) is 1. The number of methoxy groups -OCH3 is 1. The maximum absolute atomic E-state index is 12.9. The molecule has 5 aromatic rings. The molecule has 0 bridgehead atoms. The number of fused-ring (bicyclic) bond motifs is 3. The molecule has 0 amide bonds. The van der Waals surface area contributed by atoms with Gasteiger partial charge < -0.3 is 9.64 Å². The average Bonchev–Trinajstić information content (AvgIpc) is 3.32. The van der Waals surface area contributed by atoms with E-state index in [9.17, 15) is 8.78 Å². The van der Waals surface area contributed by atoms with Gasteiger partial charge in [-0.25, -0.2) is 13.2 Å². The van der Waals surface area contributed by atoms with Gasteiger partial charge in [-0.3, -0.25) is 0 Å². The lowest BCUT2D eigenvalue weighted by atomic mass is 10.0. The SMILES string of the molecule is COc1ccc2c(N(C)c3cccc(-c4ccc(C(F)F)cc4)c3)nc3nncn3c2n1. The zero-order valence-electron chi connectivity index (χ0n) is 17.3. The molecule has 0 fully saturated rings. The standard InChI is InChI=1S/C23H18F2N6O/c1-30(17-5-3-4-16(12-17)14-6-8-15(9-7-14)20(24)25)21-18-10-11-19(32-2)27-22(18)31-13-26-29-23(31)28-21/h3-13,20H,1-2H3. The fourth-order valence-corrected chi connectivity index (χ4v) is 3.61. The number of anilines is 2. The van der Waals surface area contributed by atoms with Crippen LogP contribution in [0.3, 0.4) is 0 Å². The molecule has 3 heterocycles. The summed E-state index contributed by atoms with van der Waals surface area (Å²) in [5.74, 6) is 1.54. The van der Waals surface area contributed by atoms with Crippen LogP contribution in [0.1, 0.15) is 12.0 Å². The number of aromatic nitrogens is 5. The fraction of sp³-hybridized carbons (Fsp3) is 0.130. The second kappa shape index (κ2) is 7.84. The van der Waals surface area contributed by atoms with Crippen LogP contribution >= 0.6 is 0 Å². The van der Waals surface area contributed by atoms with Crippen LogP contribution in [0.15, 0.2) is 67.0 Å². The van der Waals surface area contributed by atoms with Gasteiger partial charge in [0.1, 0.15) is 12.1 Å². The third-order valence-corrected chi connectivity index (χ3v) is 5.31. The van der Waals surface area contributed by atoms with E-state index in [1.807, 2.05) is 42.3 Å². The van der Waals surface area contributed by atoms with Crippen LogP contribution in [0.25, 0.3) is 27.9 Å². The predicted molar refractivity (Wildman–Crippen MR) is 118 cm³/mol. The number of rotatable bonds is 5. The van der Waals surface area contributed by atoms with Gasteiger partial charge in [0.15, 0.2) is 5.65 Å². The first-order valence-corrected chi connectivity index (χ1v) is 9.82. The van der Waals surface area contributed by atoms with Crippen LogP contribution in [0.5, 0.6) is 5.88 Å². The molecule has 0 N–H and O–H groups in total. The van der Waals surface area contributed by atoms with E-state index in [0.717, 1.165) is 22.2 Å². The van der Waals surface area contributed by atoms with Gasteiger partial charge in [0.05, 0.1) is 12.5 Å². The molecular formula is C23H18F2N6O. The van der Waals surface area contributed by atoms with E-state index in [0.29, 0.717) is 23.1 Å². The minimum absolute atomic E-state index is 0.00207. The van der Waals surface area contributed by atoms with Crippen molar-refractivity contribution >= 4 is 28.3 Å². The normalized spacial score (nSPS) is 11.4. The summed E-state index contributed by atoms with van der Waals surface area (Å²) in [6.45, 7) is 0. The maximum atomic E-state index is 12.9. The highest BCUT2D eigenvalue weighted by Crippen LogP contribution is 2.33. The van der Waals surface area contributed by atoms with Crippen LogP contribution in [-0.2, 0) is 0 Å². The van der Waals surface area contributed by atoms with E-state index in [4.69, 9.17) is 4.74 Å². The lowest BCUT2D eigenvalue weighted by Crippen LogP contribution is -2.13. The van der Waals surface area contributed by atoms with E-state index in [2.05, 4.69) is 20.2 Å². The topological polar surface area (TPSA) is 68.4 Å². The highest BCUT2D eigenvalue weighted by molar-refractivity contribution is 5.91. The highest BCUT2D eigenvalue weighted by Gasteiger charge is 2.17. The Kier molecular flexibility index (Phi) is 4.85. The third kappa shape index (κ3) is 3.37. The van der Waals surface area contributed by atoms with Crippen LogP contribution in [0.4, 0.5) is 20.3 Å². The summed E-state index contributed by atoms with van der Waals surface area (Å²) in [6, 6.07) is 17.8. The van der Waals surface area contributed by atoms with E-state index in [1.54, 1.807) is 36.0 Å². The van der Waals surface area contributed by atoms with Gasteiger partial charge in [-0.05, 0) is 29.3 Å². The van der Waals surface area contributed by atoms with Crippen molar-refractivity contribution in [3.8, 4) is 17.0 Å². The van der Waals surface area contributed by atoms with Crippen molar-refractivity contribution in [1.82, 2.24) is 24.6 Å². The summed E-state index contributed by atoms with van der Waals surface area (Å²) in [7, 11) is 3.46. The zero-order chi connectivity index (χ0) is 22.2. The highest BCUT2D eigenvalue weighted by atomic mass is 19.3. The van der Waals surface area contributed by atoms with Crippen LogP contribution in [0, 0.1) is 0 Å². The van der Waals surface area contributed by atoms with Crippen molar-refractivity contribution in [1.29, 1.82) is 0 Å². The molecule has 0 saturated heterocycles. The number of halogens is 2. The minimum atomic E-state index is -2.49. The molecule has 0 aliphatic rings. The number of benzene rings is 2. The van der Waals surface area contributed by atoms with E-state index < -0.39 is 6.43 Å². The van der Waals surface area contributed by atoms with Gasteiger partial charge in [0.25, 0.3) is 12.2 Å². The Morgan fingerprint density at radius 1 is 0.969 bits per heavy atom. The summed E-state index contributed by atoms with van der Waals surface area (Å²) >= 11 is 0. The van der Waals surface area contributed by atoms with Gasteiger partial charge in [-0.1, -0.05) is 36.4 Å². The van der Waals surface area contributed by atoms with Crippen LogP contribution < -0.4 is 9.64 Å². The first-order chi connectivity index (χ1) is 15.5. The third-order valence-electron chi connectivity index (χ3n) is 5.31. The van der Waals surface area contributed by atoms with Crippen LogP contribution in [-0.4, -0.2) is 38.7 Å². The molecule has 0 radical (unpaired) electrons.